The minimum atomic E-state index is -0.0340. The first-order valence-corrected chi connectivity index (χ1v) is 6.67. The Balaban J connectivity index is 2.02. The molecular formula is C13H18ClNO2. The Hall–Kier alpha value is -0.960. The lowest BCUT2D eigenvalue weighted by atomic mass is 9.94. The molecule has 2 rings (SSSR count). The Labute approximate surface area is 107 Å². The Morgan fingerprint density at radius 3 is 2.71 bits per heavy atom. The van der Waals surface area contributed by atoms with Gasteiger partial charge in [-0.15, -0.1) is 11.6 Å². The summed E-state index contributed by atoms with van der Waals surface area (Å²) in [5, 5.41) is 0. The van der Waals surface area contributed by atoms with Gasteiger partial charge in [-0.25, -0.2) is 0 Å². The second-order valence-electron chi connectivity index (χ2n) is 4.61. The molecule has 0 aromatic carbocycles. The number of amides is 1. The van der Waals surface area contributed by atoms with Crippen LogP contribution in [0.4, 0.5) is 0 Å². The number of hydrogen-bond donors (Lipinski definition) is 0. The molecule has 1 aromatic rings. The summed E-state index contributed by atoms with van der Waals surface area (Å²) in [5.41, 5.74) is 0. The van der Waals surface area contributed by atoms with E-state index in [1.807, 2.05) is 11.9 Å². The molecule has 0 N–H and O–H groups in total. The van der Waals surface area contributed by atoms with Crippen LogP contribution in [0.1, 0.15) is 48.4 Å². The second-order valence-corrected chi connectivity index (χ2v) is 4.87. The maximum atomic E-state index is 12.2. The first kappa shape index (κ1) is 12.5. The molecule has 0 bridgehead atoms. The van der Waals surface area contributed by atoms with E-state index in [0.717, 1.165) is 12.8 Å². The van der Waals surface area contributed by atoms with E-state index in [9.17, 15) is 4.79 Å². The molecule has 0 spiro atoms. The summed E-state index contributed by atoms with van der Waals surface area (Å²) in [6.07, 6.45) is 5.92. The lowest BCUT2D eigenvalue weighted by molar-refractivity contribution is 0.0662. The van der Waals surface area contributed by atoms with Gasteiger partial charge in [0.1, 0.15) is 5.76 Å². The molecule has 0 saturated heterocycles. The minimum absolute atomic E-state index is 0.0340. The number of alkyl halides is 1. The molecule has 1 aliphatic carbocycles. The smallest absolute Gasteiger partial charge is 0.289 e. The fourth-order valence-electron chi connectivity index (χ4n) is 2.37. The first-order chi connectivity index (χ1) is 8.22. The fourth-order valence-corrected chi connectivity index (χ4v) is 2.52. The van der Waals surface area contributed by atoms with Crippen LogP contribution in [-0.4, -0.2) is 23.9 Å². The van der Waals surface area contributed by atoms with Crippen molar-refractivity contribution in [2.24, 2.45) is 0 Å². The summed E-state index contributed by atoms with van der Waals surface area (Å²) in [5.74, 6) is 1.31. The van der Waals surface area contributed by atoms with Crippen LogP contribution in [-0.2, 0) is 5.88 Å². The molecule has 4 heteroatoms. The van der Waals surface area contributed by atoms with Crippen molar-refractivity contribution in [2.75, 3.05) is 7.05 Å². The number of halogens is 1. The highest BCUT2D eigenvalue weighted by Crippen LogP contribution is 2.23. The van der Waals surface area contributed by atoms with Gasteiger partial charge < -0.3 is 9.32 Å². The van der Waals surface area contributed by atoms with Crippen LogP contribution < -0.4 is 0 Å². The third-order valence-corrected chi connectivity index (χ3v) is 3.71. The Morgan fingerprint density at radius 1 is 1.41 bits per heavy atom. The van der Waals surface area contributed by atoms with Crippen LogP contribution in [0.2, 0.25) is 0 Å². The summed E-state index contributed by atoms with van der Waals surface area (Å²) in [6.45, 7) is 0. The zero-order valence-electron chi connectivity index (χ0n) is 10.1. The van der Waals surface area contributed by atoms with Crippen LogP contribution in [0.25, 0.3) is 0 Å². The molecule has 17 heavy (non-hydrogen) atoms. The fraction of sp³-hybridized carbons (Fsp3) is 0.615. The Bertz CT molecular complexity index is 383. The van der Waals surface area contributed by atoms with Crippen LogP contribution in [0, 0.1) is 0 Å². The maximum absolute atomic E-state index is 12.2. The molecule has 0 aliphatic heterocycles. The summed E-state index contributed by atoms with van der Waals surface area (Å²) in [4.78, 5) is 14.0. The van der Waals surface area contributed by atoms with E-state index in [-0.39, 0.29) is 5.91 Å². The summed E-state index contributed by atoms with van der Waals surface area (Å²) < 4.78 is 5.38. The number of carbonyl (C=O) groups is 1. The van der Waals surface area contributed by atoms with Crippen molar-refractivity contribution in [3.63, 3.8) is 0 Å². The summed E-state index contributed by atoms with van der Waals surface area (Å²) >= 11 is 5.65. The van der Waals surface area contributed by atoms with E-state index in [1.54, 1.807) is 12.1 Å². The highest BCUT2D eigenvalue weighted by molar-refractivity contribution is 6.16. The van der Waals surface area contributed by atoms with E-state index < -0.39 is 0 Å². The molecule has 1 aliphatic rings. The van der Waals surface area contributed by atoms with Crippen molar-refractivity contribution in [3.8, 4) is 0 Å². The van der Waals surface area contributed by atoms with Crippen LogP contribution in [0.3, 0.4) is 0 Å². The van der Waals surface area contributed by atoms with E-state index in [0.29, 0.717) is 23.4 Å². The predicted octanol–water partition coefficient (Wildman–Crippen LogP) is 3.42. The van der Waals surface area contributed by atoms with Gasteiger partial charge in [-0.3, -0.25) is 4.79 Å². The number of nitrogens with zero attached hydrogens (tertiary/aromatic N) is 1. The third-order valence-electron chi connectivity index (χ3n) is 3.45. The molecular weight excluding hydrogens is 238 g/mol. The average Bonchev–Trinajstić information content (AvgIpc) is 2.87. The van der Waals surface area contributed by atoms with Gasteiger partial charge in [0.15, 0.2) is 5.76 Å². The highest BCUT2D eigenvalue weighted by Gasteiger charge is 2.24. The van der Waals surface area contributed by atoms with E-state index in [2.05, 4.69) is 0 Å². The Morgan fingerprint density at radius 2 is 2.12 bits per heavy atom. The van der Waals surface area contributed by atoms with Gasteiger partial charge >= 0.3 is 0 Å². The van der Waals surface area contributed by atoms with Crippen molar-refractivity contribution >= 4 is 17.5 Å². The van der Waals surface area contributed by atoms with Crippen molar-refractivity contribution in [2.45, 2.75) is 44.0 Å². The predicted molar refractivity (Wildman–Crippen MR) is 67.2 cm³/mol. The van der Waals surface area contributed by atoms with Gasteiger partial charge in [0.05, 0.1) is 5.88 Å². The molecule has 0 unspecified atom stereocenters. The summed E-state index contributed by atoms with van der Waals surface area (Å²) in [7, 11) is 1.86. The maximum Gasteiger partial charge on any atom is 0.289 e. The van der Waals surface area contributed by atoms with Gasteiger partial charge in [0.25, 0.3) is 5.91 Å². The van der Waals surface area contributed by atoms with E-state index in [4.69, 9.17) is 16.0 Å². The molecule has 94 valence electrons. The number of carbonyl (C=O) groups excluding carboxylic acids is 1. The van der Waals surface area contributed by atoms with Gasteiger partial charge in [0.2, 0.25) is 0 Å². The number of rotatable bonds is 3. The van der Waals surface area contributed by atoms with Crippen LogP contribution in [0.5, 0.6) is 0 Å². The molecule has 1 saturated carbocycles. The highest BCUT2D eigenvalue weighted by atomic mass is 35.5. The molecule has 0 atom stereocenters. The lowest BCUT2D eigenvalue weighted by Crippen LogP contribution is -2.38. The zero-order chi connectivity index (χ0) is 12.3. The normalized spacial score (nSPS) is 17.1. The first-order valence-electron chi connectivity index (χ1n) is 6.14. The topological polar surface area (TPSA) is 33.5 Å². The standard InChI is InChI=1S/C13H18ClNO2/c1-15(10-5-3-2-4-6-10)13(16)12-8-7-11(9-14)17-12/h7-8,10H,2-6,9H2,1H3. The molecule has 1 heterocycles. The van der Waals surface area contributed by atoms with Crippen molar-refractivity contribution in [3.05, 3.63) is 23.7 Å². The average molecular weight is 256 g/mol. The monoisotopic (exact) mass is 255 g/mol. The number of hydrogen-bond acceptors (Lipinski definition) is 2. The van der Waals surface area contributed by atoms with Crippen molar-refractivity contribution in [1.82, 2.24) is 4.90 Å². The van der Waals surface area contributed by atoms with Gasteiger partial charge in [-0.1, -0.05) is 19.3 Å². The second kappa shape index (κ2) is 5.58. The van der Waals surface area contributed by atoms with Gasteiger partial charge in [0, 0.05) is 13.1 Å². The third kappa shape index (κ3) is 2.83. The van der Waals surface area contributed by atoms with E-state index in [1.165, 1.54) is 19.3 Å². The lowest BCUT2D eigenvalue weighted by Gasteiger charge is -2.30. The number of furan rings is 1. The van der Waals surface area contributed by atoms with Crippen molar-refractivity contribution < 1.29 is 9.21 Å². The van der Waals surface area contributed by atoms with Crippen LogP contribution in [0.15, 0.2) is 16.5 Å². The molecule has 1 amide bonds. The molecule has 1 aromatic heterocycles. The van der Waals surface area contributed by atoms with Crippen LogP contribution >= 0.6 is 11.6 Å². The Kier molecular flexibility index (Phi) is 4.11. The SMILES string of the molecule is CN(C(=O)c1ccc(CCl)o1)C1CCCCC1. The molecule has 0 radical (unpaired) electrons. The summed E-state index contributed by atoms with van der Waals surface area (Å²) in [6, 6.07) is 3.83. The molecule has 3 nitrogen and oxygen atoms in total. The largest absolute Gasteiger partial charge is 0.455 e. The van der Waals surface area contributed by atoms with Crippen molar-refractivity contribution in [1.29, 1.82) is 0 Å². The minimum Gasteiger partial charge on any atom is -0.455 e. The molecule has 1 fully saturated rings. The zero-order valence-corrected chi connectivity index (χ0v) is 10.9. The quantitative estimate of drug-likeness (QED) is 0.776. The van der Waals surface area contributed by atoms with Gasteiger partial charge in [-0.05, 0) is 25.0 Å². The van der Waals surface area contributed by atoms with E-state index >= 15 is 0 Å². The van der Waals surface area contributed by atoms with Gasteiger partial charge in [-0.2, -0.15) is 0 Å².